The van der Waals surface area contributed by atoms with Gasteiger partial charge in [-0.25, -0.2) is 4.79 Å². The molecule has 4 nitrogen and oxygen atoms in total. The zero-order valence-corrected chi connectivity index (χ0v) is 11.1. The van der Waals surface area contributed by atoms with Gasteiger partial charge in [0.25, 0.3) is 0 Å². The smallest absolute Gasteiger partial charge is 0.334 e. The molecule has 4 heteroatoms. The molecule has 0 bridgehead atoms. The van der Waals surface area contributed by atoms with Gasteiger partial charge in [0.05, 0.1) is 11.7 Å². The van der Waals surface area contributed by atoms with Crippen molar-refractivity contribution in [2.45, 2.75) is 44.0 Å². The van der Waals surface area contributed by atoms with E-state index in [-0.39, 0.29) is 29.8 Å². The first kappa shape index (κ1) is 12.9. The Morgan fingerprint density at radius 1 is 1.37 bits per heavy atom. The quantitative estimate of drug-likeness (QED) is 0.392. The lowest BCUT2D eigenvalue weighted by Gasteiger charge is -2.35. The van der Waals surface area contributed by atoms with Crippen LogP contribution in [0.1, 0.15) is 26.2 Å². The van der Waals surface area contributed by atoms with Crippen molar-refractivity contribution in [3.05, 3.63) is 24.3 Å². The van der Waals surface area contributed by atoms with Gasteiger partial charge >= 0.3 is 5.97 Å². The standard InChI is InChI=1S/C15H20O4/c1-7-4-5-9-8(2)14(17)19-13(9)12-10(7)6-11(16)15(12,3)18/h9-13,16,18H,1-2,4-6H2,3H3/t9-,10-,11+,12-,13-,15-/m0/s1. The average Bonchev–Trinajstić information content (AvgIpc) is 2.67. The van der Waals surface area contributed by atoms with Gasteiger partial charge in [-0.1, -0.05) is 18.7 Å². The first-order valence-electron chi connectivity index (χ1n) is 6.82. The van der Waals surface area contributed by atoms with Crippen LogP contribution >= 0.6 is 0 Å². The Bertz CT molecular complexity index is 465. The van der Waals surface area contributed by atoms with Gasteiger partial charge in [-0.15, -0.1) is 0 Å². The number of allylic oxidation sites excluding steroid dienone is 1. The maximum atomic E-state index is 11.7. The Kier molecular flexibility index (Phi) is 2.67. The van der Waals surface area contributed by atoms with Crippen molar-refractivity contribution in [2.75, 3.05) is 0 Å². The van der Waals surface area contributed by atoms with Crippen LogP contribution in [0.25, 0.3) is 0 Å². The third-order valence-electron chi connectivity index (χ3n) is 5.26. The third kappa shape index (κ3) is 1.63. The van der Waals surface area contributed by atoms with E-state index in [4.69, 9.17) is 4.74 Å². The number of hydrogen-bond acceptors (Lipinski definition) is 4. The lowest BCUT2D eigenvalue weighted by Crippen LogP contribution is -2.47. The lowest BCUT2D eigenvalue weighted by molar-refractivity contribution is -0.150. The molecule has 6 atom stereocenters. The number of esters is 1. The fourth-order valence-electron chi connectivity index (χ4n) is 4.06. The summed E-state index contributed by atoms with van der Waals surface area (Å²) >= 11 is 0. The van der Waals surface area contributed by atoms with Gasteiger partial charge in [-0.3, -0.25) is 0 Å². The molecule has 19 heavy (non-hydrogen) atoms. The van der Waals surface area contributed by atoms with Crippen LogP contribution in [0.3, 0.4) is 0 Å². The van der Waals surface area contributed by atoms with E-state index in [2.05, 4.69) is 13.2 Å². The summed E-state index contributed by atoms with van der Waals surface area (Å²) in [4.78, 5) is 11.7. The van der Waals surface area contributed by atoms with Crippen molar-refractivity contribution in [2.24, 2.45) is 17.8 Å². The van der Waals surface area contributed by atoms with E-state index in [1.54, 1.807) is 6.92 Å². The van der Waals surface area contributed by atoms with E-state index in [1.807, 2.05) is 0 Å². The highest BCUT2D eigenvalue weighted by molar-refractivity contribution is 5.90. The second-order valence-electron chi connectivity index (χ2n) is 6.31. The summed E-state index contributed by atoms with van der Waals surface area (Å²) in [6, 6.07) is 0. The van der Waals surface area contributed by atoms with Gasteiger partial charge in [0, 0.05) is 17.4 Å². The maximum Gasteiger partial charge on any atom is 0.334 e. The molecule has 0 unspecified atom stereocenters. The normalized spacial score (nSPS) is 49.6. The summed E-state index contributed by atoms with van der Waals surface area (Å²) in [6.07, 6.45) is 0.889. The Morgan fingerprint density at radius 2 is 2.05 bits per heavy atom. The number of carbonyl (C=O) groups excluding carboxylic acids is 1. The van der Waals surface area contributed by atoms with E-state index in [0.717, 1.165) is 18.4 Å². The van der Waals surface area contributed by atoms with Gasteiger partial charge in [-0.05, 0) is 32.1 Å². The predicted molar refractivity (Wildman–Crippen MR) is 69.1 cm³/mol. The molecule has 1 heterocycles. The summed E-state index contributed by atoms with van der Waals surface area (Å²) in [5, 5.41) is 20.7. The summed E-state index contributed by atoms with van der Waals surface area (Å²) < 4.78 is 5.45. The Morgan fingerprint density at radius 3 is 2.74 bits per heavy atom. The highest BCUT2D eigenvalue weighted by atomic mass is 16.6. The van der Waals surface area contributed by atoms with Gasteiger partial charge in [-0.2, -0.15) is 0 Å². The van der Waals surface area contributed by atoms with Crippen LogP contribution in [0, 0.1) is 17.8 Å². The van der Waals surface area contributed by atoms with Crippen molar-refractivity contribution in [1.82, 2.24) is 0 Å². The Hall–Kier alpha value is -1.13. The van der Waals surface area contributed by atoms with Gasteiger partial charge in [0.2, 0.25) is 0 Å². The van der Waals surface area contributed by atoms with Crippen LogP contribution in [0.5, 0.6) is 0 Å². The highest BCUT2D eigenvalue weighted by Gasteiger charge is 2.60. The molecular weight excluding hydrogens is 244 g/mol. The Balaban J connectivity index is 2.04. The van der Waals surface area contributed by atoms with Crippen molar-refractivity contribution in [1.29, 1.82) is 0 Å². The number of hydrogen-bond donors (Lipinski definition) is 2. The first-order valence-corrected chi connectivity index (χ1v) is 6.82. The average molecular weight is 264 g/mol. The lowest BCUT2D eigenvalue weighted by atomic mass is 9.77. The van der Waals surface area contributed by atoms with Crippen LogP contribution in [0.2, 0.25) is 0 Å². The largest absolute Gasteiger partial charge is 0.458 e. The van der Waals surface area contributed by atoms with Crippen LogP contribution < -0.4 is 0 Å². The topological polar surface area (TPSA) is 66.8 Å². The molecule has 3 aliphatic rings. The summed E-state index contributed by atoms with van der Waals surface area (Å²) in [5.41, 5.74) is 0.293. The van der Waals surface area contributed by atoms with E-state index in [0.29, 0.717) is 12.0 Å². The number of aliphatic hydroxyl groups is 2. The molecule has 0 amide bonds. The first-order chi connectivity index (χ1) is 8.84. The summed E-state index contributed by atoms with van der Waals surface area (Å²) in [5.74, 6) is -0.695. The fourth-order valence-corrected chi connectivity index (χ4v) is 4.06. The maximum absolute atomic E-state index is 11.7. The minimum absolute atomic E-state index is 0.0127. The molecule has 0 aromatic carbocycles. The van der Waals surface area contributed by atoms with Crippen LogP contribution in [-0.2, 0) is 9.53 Å². The predicted octanol–water partition coefficient (Wildman–Crippen LogP) is 1.18. The van der Waals surface area contributed by atoms with E-state index in [9.17, 15) is 15.0 Å². The third-order valence-corrected chi connectivity index (χ3v) is 5.26. The number of rotatable bonds is 0. The second kappa shape index (κ2) is 3.93. The number of aliphatic hydroxyl groups excluding tert-OH is 1. The molecular formula is C15H20O4. The van der Waals surface area contributed by atoms with E-state index < -0.39 is 11.7 Å². The molecule has 0 spiro atoms. The monoisotopic (exact) mass is 264 g/mol. The van der Waals surface area contributed by atoms with Gasteiger partial charge < -0.3 is 14.9 Å². The number of ether oxygens (including phenoxy) is 1. The van der Waals surface area contributed by atoms with E-state index >= 15 is 0 Å². The molecule has 0 aromatic rings. The molecule has 1 aliphatic heterocycles. The Labute approximate surface area is 112 Å². The zero-order valence-electron chi connectivity index (χ0n) is 11.1. The van der Waals surface area contributed by atoms with Gasteiger partial charge in [0.15, 0.2) is 0 Å². The molecule has 104 valence electrons. The minimum Gasteiger partial charge on any atom is -0.458 e. The molecule has 2 saturated carbocycles. The molecule has 0 radical (unpaired) electrons. The fraction of sp³-hybridized carbons (Fsp3) is 0.667. The summed E-state index contributed by atoms with van der Waals surface area (Å²) in [7, 11) is 0. The van der Waals surface area contributed by atoms with Crippen LogP contribution in [-0.4, -0.2) is 34.0 Å². The molecule has 3 fully saturated rings. The van der Waals surface area contributed by atoms with Crippen LogP contribution in [0.4, 0.5) is 0 Å². The SMILES string of the molecule is C=C1C(=O)O[C@@H]2[C@@H]3[C@@H](C[C@@H](O)[C@]3(C)O)C(=C)CC[C@@H]12. The summed E-state index contributed by atoms with van der Waals surface area (Å²) in [6.45, 7) is 9.55. The van der Waals surface area contributed by atoms with Crippen LogP contribution in [0.15, 0.2) is 24.3 Å². The van der Waals surface area contributed by atoms with Crippen molar-refractivity contribution < 1.29 is 19.7 Å². The number of fused-ring (bicyclic) bond motifs is 3. The second-order valence-corrected chi connectivity index (χ2v) is 6.31. The van der Waals surface area contributed by atoms with Crippen molar-refractivity contribution in [3.8, 4) is 0 Å². The van der Waals surface area contributed by atoms with Gasteiger partial charge in [0.1, 0.15) is 6.10 Å². The van der Waals surface area contributed by atoms with E-state index in [1.165, 1.54) is 0 Å². The molecule has 2 aliphatic carbocycles. The highest BCUT2D eigenvalue weighted by Crippen LogP contribution is 2.53. The molecule has 2 N–H and O–H groups in total. The molecule has 0 aromatic heterocycles. The zero-order chi connectivity index (χ0) is 13.9. The van der Waals surface area contributed by atoms with Crippen molar-refractivity contribution in [3.63, 3.8) is 0 Å². The molecule has 1 saturated heterocycles. The molecule has 3 rings (SSSR count). The minimum atomic E-state index is -1.24. The van der Waals surface area contributed by atoms with Crippen molar-refractivity contribution >= 4 is 5.97 Å². The number of carbonyl (C=O) groups is 1.